The lowest BCUT2D eigenvalue weighted by molar-refractivity contribution is -0.138. The Morgan fingerprint density at radius 1 is 1.35 bits per heavy atom. The summed E-state index contributed by atoms with van der Waals surface area (Å²) in [5.74, 6) is 0.612. The highest BCUT2D eigenvalue weighted by atomic mass is 16.3. The number of hydrogen-bond acceptors (Lipinski definition) is 3. The van der Waals surface area contributed by atoms with Crippen LogP contribution in [0, 0.1) is 11.8 Å². The average Bonchev–Trinajstić information content (AvgIpc) is 2.72. The highest BCUT2D eigenvalue weighted by Gasteiger charge is 2.41. The molecule has 2 saturated heterocycles. The maximum absolute atomic E-state index is 12.1. The molecule has 0 aromatic rings. The van der Waals surface area contributed by atoms with Crippen molar-refractivity contribution in [2.24, 2.45) is 11.8 Å². The fourth-order valence-electron chi connectivity index (χ4n) is 3.45. The SMILES string of the molecule is CC(C)C(=O)N1CCC(N2C(=O)CC(C)C2CO)CC1. The second-order valence-electron chi connectivity index (χ2n) is 6.44. The van der Waals surface area contributed by atoms with E-state index < -0.39 is 0 Å². The molecule has 0 aromatic heterocycles. The van der Waals surface area contributed by atoms with Crippen LogP contribution < -0.4 is 0 Å². The molecule has 2 rings (SSSR count). The molecule has 0 bridgehead atoms. The number of likely N-dealkylation sites (tertiary alicyclic amines) is 2. The second kappa shape index (κ2) is 6.12. The van der Waals surface area contributed by atoms with Crippen LogP contribution in [0.25, 0.3) is 0 Å². The number of aliphatic hydroxyl groups is 1. The summed E-state index contributed by atoms with van der Waals surface area (Å²) >= 11 is 0. The number of aliphatic hydroxyl groups excluding tert-OH is 1. The molecular weight excluding hydrogens is 256 g/mol. The lowest BCUT2D eigenvalue weighted by Crippen LogP contribution is -2.51. The van der Waals surface area contributed by atoms with E-state index in [0.29, 0.717) is 6.42 Å². The van der Waals surface area contributed by atoms with Gasteiger partial charge >= 0.3 is 0 Å². The standard InChI is InChI=1S/C15H26N2O3/c1-10(2)15(20)16-6-4-12(5-7-16)17-13(9-18)11(3)8-14(17)19/h10-13,18H,4-9H2,1-3H3. The summed E-state index contributed by atoms with van der Waals surface area (Å²) in [7, 11) is 0. The van der Waals surface area contributed by atoms with Gasteiger partial charge in [0.15, 0.2) is 0 Å². The van der Waals surface area contributed by atoms with Crippen molar-refractivity contribution in [2.45, 2.75) is 52.1 Å². The summed E-state index contributed by atoms with van der Waals surface area (Å²) in [5.41, 5.74) is 0. The predicted molar refractivity (Wildman–Crippen MR) is 75.9 cm³/mol. The average molecular weight is 282 g/mol. The molecule has 20 heavy (non-hydrogen) atoms. The van der Waals surface area contributed by atoms with E-state index >= 15 is 0 Å². The van der Waals surface area contributed by atoms with Gasteiger partial charge in [-0.05, 0) is 18.8 Å². The Morgan fingerprint density at radius 2 is 1.95 bits per heavy atom. The van der Waals surface area contributed by atoms with Gasteiger partial charge in [0.1, 0.15) is 0 Å². The van der Waals surface area contributed by atoms with Gasteiger partial charge in [-0.2, -0.15) is 0 Å². The van der Waals surface area contributed by atoms with Crippen molar-refractivity contribution in [1.29, 1.82) is 0 Å². The molecule has 2 aliphatic heterocycles. The summed E-state index contributed by atoms with van der Waals surface area (Å²) in [6, 6.07) is 0.140. The van der Waals surface area contributed by atoms with Crippen LogP contribution in [-0.2, 0) is 9.59 Å². The lowest BCUT2D eigenvalue weighted by atomic mass is 9.99. The number of piperidine rings is 1. The molecule has 2 fully saturated rings. The molecular formula is C15H26N2O3. The molecule has 2 aliphatic rings. The van der Waals surface area contributed by atoms with Crippen molar-refractivity contribution < 1.29 is 14.7 Å². The summed E-state index contributed by atoms with van der Waals surface area (Å²) < 4.78 is 0. The highest BCUT2D eigenvalue weighted by Crippen LogP contribution is 2.30. The van der Waals surface area contributed by atoms with Crippen molar-refractivity contribution in [3.05, 3.63) is 0 Å². The summed E-state index contributed by atoms with van der Waals surface area (Å²) in [6.45, 7) is 7.34. The third-order valence-electron chi connectivity index (χ3n) is 4.65. The number of carbonyl (C=O) groups excluding carboxylic acids is 2. The van der Waals surface area contributed by atoms with Crippen molar-refractivity contribution >= 4 is 11.8 Å². The molecule has 114 valence electrons. The lowest BCUT2D eigenvalue weighted by Gasteiger charge is -2.40. The molecule has 0 aromatic carbocycles. The number of amides is 2. The van der Waals surface area contributed by atoms with E-state index in [0.717, 1.165) is 25.9 Å². The number of nitrogens with zero attached hydrogens (tertiary/aromatic N) is 2. The largest absolute Gasteiger partial charge is 0.394 e. The minimum absolute atomic E-state index is 0.0326. The van der Waals surface area contributed by atoms with Crippen molar-refractivity contribution in [3.8, 4) is 0 Å². The minimum Gasteiger partial charge on any atom is -0.394 e. The Balaban J connectivity index is 1.96. The smallest absolute Gasteiger partial charge is 0.225 e. The van der Waals surface area contributed by atoms with Gasteiger partial charge in [0.25, 0.3) is 0 Å². The predicted octanol–water partition coefficient (Wildman–Crippen LogP) is 0.863. The Bertz CT molecular complexity index is 375. The molecule has 2 heterocycles. The van der Waals surface area contributed by atoms with Gasteiger partial charge in [0, 0.05) is 31.5 Å². The zero-order valence-corrected chi connectivity index (χ0v) is 12.7. The van der Waals surface area contributed by atoms with E-state index in [4.69, 9.17) is 0 Å². The molecule has 2 amide bonds. The van der Waals surface area contributed by atoms with Crippen molar-refractivity contribution in [3.63, 3.8) is 0 Å². The van der Waals surface area contributed by atoms with E-state index in [1.54, 1.807) is 0 Å². The van der Waals surface area contributed by atoms with E-state index in [1.165, 1.54) is 0 Å². The first-order valence-corrected chi connectivity index (χ1v) is 7.66. The van der Waals surface area contributed by atoms with Gasteiger partial charge in [0.05, 0.1) is 12.6 Å². The molecule has 0 spiro atoms. The molecule has 1 N–H and O–H groups in total. The minimum atomic E-state index is -0.0418. The van der Waals surface area contributed by atoms with E-state index in [1.807, 2.05) is 30.6 Å². The normalized spacial score (nSPS) is 28.6. The summed E-state index contributed by atoms with van der Waals surface area (Å²) in [4.78, 5) is 27.9. The Morgan fingerprint density at radius 3 is 2.45 bits per heavy atom. The van der Waals surface area contributed by atoms with Crippen LogP contribution in [0.3, 0.4) is 0 Å². The zero-order valence-electron chi connectivity index (χ0n) is 12.7. The number of rotatable bonds is 3. The van der Waals surface area contributed by atoms with Gasteiger partial charge in [0.2, 0.25) is 11.8 Å². The fraction of sp³-hybridized carbons (Fsp3) is 0.867. The Labute approximate surface area is 120 Å². The number of hydrogen-bond donors (Lipinski definition) is 1. The van der Waals surface area contributed by atoms with Crippen LogP contribution in [0.4, 0.5) is 0 Å². The molecule has 2 atom stereocenters. The van der Waals surface area contributed by atoms with Gasteiger partial charge < -0.3 is 14.9 Å². The van der Waals surface area contributed by atoms with E-state index in [-0.39, 0.29) is 42.3 Å². The molecule has 0 aliphatic carbocycles. The Kier molecular flexibility index (Phi) is 4.68. The first-order chi connectivity index (χ1) is 9.45. The Hall–Kier alpha value is -1.10. The van der Waals surface area contributed by atoms with Crippen LogP contribution in [0.5, 0.6) is 0 Å². The van der Waals surface area contributed by atoms with Crippen LogP contribution in [-0.4, -0.2) is 58.5 Å². The first-order valence-electron chi connectivity index (χ1n) is 7.66. The third kappa shape index (κ3) is 2.82. The summed E-state index contributed by atoms with van der Waals surface area (Å²) in [5, 5.41) is 9.51. The van der Waals surface area contributed by atoms with Gasteiger partial charge in [-0.1, -0.05) is 20.8 Å². The molecule has 5 heteroatoms. The topological polar surface area (TPSA) is 60.9 Å². The van der Waals surface area contributed by atoms with Crippen molar-refractivity contribution in [1.82, 2.24) is 9.80 Å². The van der Waals surface area contributed by atoms with E-state index in [9.17, 15) is 14.7 Å². The quantitative estimate of drug-likeness (QED) is 0.835. The monoisotopic (exact) mass is 282 g/mol. The van der Waals surface area contributed by atoms with Crippen molar-refractivity contribution in [2.75, 3.05) is 19.7 Å². The van der Waals surface area contributed by atoms with Crippen LogP contribution in [0.15, 0.2) is 0 Å². The molecule has 5 nitrogen and oxygen atoms in total. The van der Waals surface area contributed by atoms with Crippen LogP contribution in [0.1, 0.15) is 40.0 Å². The van der Waals surface area contributed by atoms with Crippen LogP contribution >= 0.6 is 0 Å². The molecule has 0 radical (unpaired) electrons. The maximum atomic E-state index is 12.1. The molecule has 2 unspecified atom stereocenters. The van der Waals surface area contributed by atoms with Gasteiger partial charge in [-0.25, -0.2) is 0 Å². The summed E-state index contributed by atoms with van der Waals surface area (Å²) in [6.07, 6.45) is 2.19. The second-order valence-corrected chi connectivity index (χ2v) is 6.44. The number of carbonyl (C=O) groups is 2. The first kappa shape index (κ1) is 15.3. The highest BCUT2D eigenvalue weighted by molar-refractivity contribution is 5.80. The fourth-order valence-corrected chi connectivity index (χ4v) is 3.45. The van der Waals surface area contributed by atoms with Gasteiger partial charge in [-0.3, -0.25) is 9.59 Å². The zero-order chi connectivity index (χ0) is 14.9. The van der Waals surface area contributed by atoms with Gasteiger partial charge in [-0.15, -0.1) is 0 Å². The molecule has 0 saturated carbocycles. The maximum Gasteiger partial charge on any atom is 0.225 e. The van der Waals surface area contributed by atoms with E-state index in [2.05, 4.69) is 0 Å². The van der Waals surface area contributed by atoms with Crippen LogP contribution in [0.2, 0.25) is 0 Å². The third-order valence-corrected chi connectivity index (χ3v) is 4.65.